The van der Waals surface area contributed by atoms with Crippen LogP contribution in [0.1, 0.15) is 42.5 Å². The number of hydrogen-bond acceptors (Lipinski definition) is 4. The van der Waals surface area contributed by atoms with Crippen molar-refractivity contribution in [2.75, 3.05) is 0 Å². The van der Waals surface area contributed by atoms with E-state index in [-0.39, 0.29) is 12.1 Å². The Bertz CT molecular complexity index is 521. The van der Waals surface area contributed by atoms with Gasteiger partial charge < -0.3 is 10.4 Å². The SMILES string of the molecule is CCc1nn(C)cc1CNC(C)CC(O)c1cccs1. The van der Waals surface area contributed by atoms with Gasteiger partial charge in [-0.05, 0) is 31.2 Å². The third kappa shape index (κ3) is 3.91. The number of thiophene rings is 1. The summed E-state index contributed by atoms with van der Waals surface area (Å²) < 4.78 is 1.86. The Hall–Kier alpha value is -1.17. The molecule has 110 valence electrons. The maximum Gasteiger partial charge on any atom is 0.0896 e. The second kappa shape index (κ2) is 7.02. The zero-order valence-corrected chi connectivity index (χ0v) is 13.2. The fraction of sp³-hybridized carbons (Fsp3) is 0.533. The second-order valence-corrected chi connectivity index (χ2v) is 6.16. The highest BCUT2D eigenvalue weighted by atomic mass is 32.1. The van der Waals surface area contributed by atoms with E-state index in [1.807, 2.05) is 29.2 Å². The largest absolute Gasteiger partial charge is 0.388 e. The number of aliphatic hydroxyl groups excluding tert-OH is 1. The fourth-order valence-corrected chi connectivity index (χ4v) is 3.05. The van der Waals surface area contributed by atoms with Crippen molar-refractivity contribution in [1.29, 1.82) is 0 Å². The molecule has 2 aromatic heterocycles. The molecule has 0 spiro atoms. The molecule has 0 aliphatic heterocycles. The molecule has 0 aliphatic rings. The maximum atomic E-state index is 10.1. The molecule has 0 aromatic carbocycles. The van der Waals surface area contributed by atoms with Crippen molar-refractivity contribution in [2.24, 2.45) is 7.05 Å². The van der Waals surface area contributed by atoms with E-state index in [1.54, 1.807) is 11.3 Å². The van der Waals surface area contributed by atoms with Gasteiger partial charge in [0.05, 0.1) is 11.8 Å². The van der Waals surface area contributed by atoms with Gasteiger partial charge in [-0.25, -0.2) is 0 Å². The monoisotopic (exact) mass is 293 g/mol. The molecule has 0 saturated heterocycles. The number of hydrogen-bond donors (Lipinski definition) is 2. The molecule has 0 bridgehead atoms. The van der Waals surface area contributed by atoms with Crippen LogP contribution in [0.4, 0.5) is 0 Å². The van der Waals surface area contributed by atoms with Crippen LogP contribution in [-0.2, 0) is 20.0 Å². The molecule has 2 atom stereocenters. The van der Waals surface area contributed by atoms with Gasteiger partial charge in [0.25, 0.3) is 0 Å². The Morgan fingerprint density at radius 3 is 2.95 bits per heavy atom. The van der Waals surface area contributed by atoms with Crippen molar-refractivity contribution in [2.45, 2.75) is 45.4 Å². The number of aryl methyl sites for hydroxylation is 2. The van der Waals surface area contributed by atoms with Crippen LogP contribution in [0.15, 0.2) is 23.7 Å². The van der Waals surface area contributed by atoms with Gasteiger partial charge in [0.1, 0.15) is 0 Å². The van der Waals surface area contributed by atoms with Gasteiger partial charge in [-0.1, -0.05) is 13.0 Å². The Labute approximate surface area is 124 Å². The minimum Gasteiger partial charge on any atom is -0.388 e. The lowest BCUT2D eigenvalue weighted by molar-refractivity contribution is 0.157. The number of rotatable bonds is 7. The van der Waals surface area contributed by atoms with Gasteiger partial charge in [0, 0.05) is 36.3 Å². The van der Waals surface area contributed by atoms with E-state index in [9.17, 15) is 5.11 Å². The lowest BCUT2D eigenvalue weighted by atomic mass is 10.1. The average Bonchev–Trinajstić information content (AvgIpc) is 3.05. The van der Waals surface area contributed by atoms with Gasteiger partial charge in [0.2, 0.25) is 0 Å². The molecule has 2 heterocycles. The molecule has 0 radical (unpaired) electrons. The number of nitrogens with one attached hydrogen (secondary N) is 1. The first-order valence-electron chi connectivity index (χ1n) is 7.06. The van der Waals surface area contributed by atoms with Crippen LogP contribution >= 0.6 is 11.3 Å². The highest BCUT2D eigenvalue weighted by molar-refractivity contribution is 7.10. The molecule has 2 unspecified atom stereocenters. The van der Waals surface area contributed by atoms with E-state index in [2.05, 4.69) is 30.5 Å². The van der Waals surface area contributed by atoms with Crippen LogP contribution in [0.3, 0.4) is 0 Å². The predicted octanol–water partition coefficient (Wildman–Crippen LogP) is 2.65. The van der Waals surface area contributed by atoms with Gasteiger partial charge in [-0.15, -0.1) is 11.3 Å². The fourth-order valence-electron chi connectivity index (χ4n) is 2.33. The summed E-state index contributed by atoms with van der Waals surface area (Å²) in [6.45, 7) is 5.03. The summed E-state index contributed by atoms with van der Waals surface area (Å²) in [4.78, 5) is 1.04. The van der Waals surface area contributed by atoms with E-state index >= 15 is 0 Å². The van der Waals surface area contributed by atoms with E-state index in [0.29, 0.717) is 0 Å². The first kappa shape index (κ1) is 15.2. The zero-order chi connectivity index (χ0) is 14.5. The smallest absolute Gasteiger partial charge is 0.0896 e. The second-order valence-electron chi connectivity index (χ2n) is 5.18. The molecular formula is C15H23N3OS. The van der Waals surface area contributed by atoms with Crippen molar-refractivity contribution in [3.8, 4) is 0 Å². The van der Waals surface area contributed by atoms with Crippen molar-refractivity contribution in [3.05, 3.63) is 39.8 Å². The van der Waals surface area contributed by atoms with E-state index in [4.69, 9.17) is 0 Å². The quantitative estimate of drug-likeness (QED) is 0.825. The van der Waals surface area contributed by atoms with E-state index in [1.165, 1.54) is 5.56 Å². The first-order valence-corrected chi connectivity index (χ1v) is 7.94. The molecule has 4 nitrogen and oxygen atoms in total. The van der Waals surface area contributed by atoms with E-state index in [0.717, 1.165) is 30.0 Å². The lowest BCUT2D eigenvalue weighted by Gasteiger charge is -2.17. The Morgan fingerprint density at radius 2 is 2.30 bits per heavy atom. The highest BCUT2D eigenvalue weighted by Gasteiger charge is 2.14. The summed E-state index contributed by atoms with van der Waals surface area (Å²) in [6.07, 6.45) is 3.36. The van der Waals surface area contributed by atoms with Gasteiger partial charge in [0.15, 0.2) is 0 Å². The van der Waals surface area contributed by atoms with Crippen LogP contribution in [0.25, 0.3) is 0 Å². The Balaban J connectivity index is 1.84. The van der Waals surface area contributed by atoms with Crippen molar-refractivity contribution in [1.82, 2.24) is 15.1 Å². The molecule has 2 aromatic rings. The number of aliphatic hydroxyl groups is 1. The maximum absolute atomic E-state index is 10.1. The molecule has 2 rings (SSSR count). The van der Waals surface area contributed by atoms with Crippen LogP contribution in [-0.4, -0.2) is 20.9 Å². The summed E-state index contributed by atoms with van der Waals surface area (Å²) >= 11 is 1.61. The van der Waals surface area contributed by atoms with Gasteiger partial charge >= 0.3 is 0 Å². The molecule has 2 N–H and O–H groups in total. The van der Waals surface area contributed by atoms with Crippen LogP contribution in [0.5, 0.6) is 0 Å². The van der Waals surface area contributed by atoms with Crippen LogP contribution in [0.2, 0.25) is 0 Å². The lowest BCUT2D eigenvalue weighted by Crippen LogP contribution is -2.27. The number of nitrogens with zero attached hydrogens (tertiary/aromatic N) is 2. The average molecular weight is 293 g/mol. The predicted molar refractivity (Wildman–Crippen MR) is 82.8 cm³/mol. The van der Waals surface area contributed by atoms with Crippen LogP contribution in [0, 0.1) is 0 Å². The molecule has 0 fully saturated rings. The normalized spacial score (nSPS) is 14.4. The topological polar surface area (TPSA) is 50.1 Å². The number of aromatic nitrogens is 2. The summed E-state index contributed by atoms with van der Waals surface area (Å²) in [7, 11) is 1.95. The summed E-state index contributed by atoms with van der Waals surface area (Å²) in [6, 6.07) is 4.22. The first-order chi connectivity index (χ1) is 9.60. The van der Waals surface area contributed by atoms with Crippen molar-refractivity contribution in [3.63, 3.8) is 0 Å². The third-order valence-electron chi connectivity index (χ3n) is 3.42. The molecule has 5 heteroatoms. The standard InChI is InChI=1S/C15H23N3OS/c1-4-13-12(10-18(3)17-13)9-16-11(2)8-14(19)15-6-5-7-20-15/h5-7,10-11,14,16,19H,4,8-9H2,1-3H3. The van der Waals surface area contributed by atoms with Gasteiger partial charge in [-0.3, -0.25) is 4.68 Å². The zero-order valence-electron chi connectivity index (χ0n) is 12.3. The van der Waals surface area contributed by atoms with Gasteiger partial charge in [-0.2, -0.15) is 5.10 Å². The van der Waals surface area contributed by atoms with E-state index < -0.39 is 0 Å². The van der Waals surface area contributed by atoms with Crippen LogP contribution < -0.4 is 5.32 Å². The minimum absolute atomic E-state index is 0.261. The Kier molecular flexibility index (Phi) is 5.34. The summed E-state index contributed by atoms with van der Waals surface area (Å²) in [5, 5.41) is 20.0. The third-order valence-corrected chi connectivity index (χ3v) is 4.39. The molecular weight excluding hydrogens is 270 g/mol. The molecule has 0 aliphatic carbocycles. The molecule has 0 amide bonds. The Morgan fingerprint density at radius 1 is 1.50 bits per heavy atom. The highest BCUT2D eigenvalue weighted by Crippen LogP contribution is 2.23. The van der Waals surface area contributed by atoms with Crippen molar-refractivity contribution >= 4 is 11.3 Å². The molecule has 0 saturated carbocycles. The summed E-state index contributed by atoms with van der Waals surface area (Å²) in [5.41, 5.74) is 2.39. The van der Waals surface area contributed by atoms with Crippen molar-refractivity contribution < 1.29 is 5.11 Å². The summed E-state index contributed by atoms with van der Waals surface area (Å²) in [5.74, 6) is 0. The minimum atomic E-state index is -0.378. The molecule has 20 heavy (non-hydrogen) atoms.